The van der Waals surface area contributed by atoms with Crippen molar-refractivity contribution in [2.45, 2.75) is 11.8 Å². The number of amides is 1. The fraction of sp³-hybridized carbons (Fsp3) is 0.263. The number of morpholine rings is 1. The zero-order chi connectivity index (χ0) is 19.4. The molecule has 1 aliphatic heterocycles. The molecule has 8 heteroatoms. The van der Waals surface area contributed by atoms with E-state index in [1.54, 1.807) is 36.4 Å². The lowest BCUT2D eigenvalue weighted by Crippen LogP contribution is -2.40. The molecule has 1 fully saturated rings. The summed E-state index contributed by atoms with van der Waals surface area (Å²) >= 11 is 0. The van der Waals surface area contributed by atoms with Crippen molar-refractivity contribution >= 4 is 27.4 Å². The highest BCUT2D eigenvalue weighted by molar-refractivity contribution is 7.89. The molecule has 0 bridgehead atoms. The summed E-state index contributed by atoms with van der Waals surface area (Å²) in [6.07, 6.45) is 0. The lowest BCUT2D eigenvalue weighted by atomic mass is 10.1. The zero-order valence-electron chi connectivity index (χ0n) is 14.8. The Balaban J connectivity index is 1.89. The van der Waals surface area contributed by atoms with Crippen molar-refractivity contribution in [1.82, 2.24) is 4.31 Å². The number of benzene rings is 2. The SMILES string of the molecule is CC(=O)c1cccc(C(=O)Nc2ccccc2S(=O)(=O)N2CCOCC2)c1. The van der Waals surface area contributed by atoms with Crippen molar-refractivity contribution in [3.8, 4) is 0 Å². The second-order valence-corrected chi connectivity index (χ2v) is 8.01. The van der Waals surface area contributed by atoms with E-state index in [-0.39, 0.29) is 35.0 Å². The van der Waals surface area contributed by atoms with Crippen molar-refractivity contribution in [2.75, 3.05) is 31.6 Å². The molecule has 1 saturated heterocycles. The second kappa shape index (κ2) is 7.99. The van der Waals surface area contributed by atoms with Crippen LogP contribution in [0.3, 0.4) is 0 Å². The topological polar surface area (TPSA) is 92.8 Å². The molecule has 0 aliphatic carbocycles. The van der Waals surface area contributed by atoms with E-state index in [4.69, 9.17) is 4.74 Å². The smallest absolute Gasteiger partial charge is 0.255 e. The zero-order valence-corrected chi connectivity index (χ0v) is 15.7. The number of Topliss-reactive ketones (excluding diaryl/α,β-unsaturated/α-hetero) is 1. The van der Waals surface area contributed by atoms with Crippen LogP contribution in [-0.4, -0.2) is 50.7 Å². The monoisotopic (exact) mass is 388 g/mol. The number of hydrogen-bond acceptors (Lipinski definition) is 5. The molecule has 0 aromatic heterocycles. The number of rotatable bonds is 5. The summed E-state index contributed by atoms with van der Waals surface area (Å²) in [5, 5.41) is 2.65. The number of para-hydroxylation sites is 1. The molecular formula is C19H20N2O5S. The number of ketones is 1. The first-order valence-electron chi connectivity index (χ1n) is 8.49. The third kappa shape index (κ3) is 4.24. The van der Waals surface area contributed by atoms with Crippen LogP contribution in [0, 0.1) is 0 Å². The Morgan fingerprint density at radius 2 is 1.67 bits per heavy atom. The highest BCUT2D eigenvalue weighted by Crippen LogP contribution is 2.25. The van der Waals surface area contributed by atoms with Crippen LogP contribution >= 0.6 is 0 Å². The molecule has 7 nitrogen and oxygen atoms in total. The Hall–Kier alpha value is -2.55. The minimum Gasteiger partial charge on any atom is -0.379 e. The van der Waals surface area contributed by atoms with Gasteiger partial charge in [-0.15, -0.1) is 0 Å². The van der Waals surface area contributed by atoms with Gasteiger partial charge in [0.15, 0.2) is 5.78 Å². The molecular weight excluding hydrogens is 368 g/mol. The van der Waals surface area contributed by atoms with Crippen LogP contribution in [-0.2, 0) is 14.8 Å². The number of carbonyl (C=O) groups is 2. The average molecular weight is 388 g/mol. The highest BCUT2D eigenvalue weighted by Gasteiger charge is 2.28. The van der Waals surface area contributed by atoms with E-state index >= 15 is 0 Å². The van der Waals surface area contributed by atoms with Crippen LogP contribution in [0.25, 0.3) is 0 Å². The van der Waals surface area contributed by atoms with Crippen LogP contribution in [0.4, 0.5) is 5.69 Å². The van der Waals surface area contributed by atoms with Crippen molar-refractivity contribution in [3.05, 3.63) is 59.7 Å². The fourth-order valence-electron chi connectivity index (χ4n) is 2.79. The van der Waals surface area contributed by atoms with Gasteiger partial charge < -0.3 is 10.1 Å². The summed E-state index contributed by atoms with van der Waals surface area (Å²) in [6, 6.07) is 12.6. The van der Waals surface area contributed by atoms with Gasteiger partial charge in [0.05, 0.1) is 18.9 Å². The van der Waals surface area contributed by atoms with Gasteiger partial charge in [0, 0.05) is 24.2 Å². The molecule has 0 saturated carbocycles. The summed E-state index contributed by atoms with van der Waals surface area (Å²) in [4.78, 5) is 24.1. The maximum atomic E-state index is 12.9. The van der Waals surface area contributed by atoms with Gasteiger partial charge >= 0.3 is 0 Å². The largest absolute Gasteiger partial charge is 0.379 e. The molecule has 0 atom stereocenters. The normalized spacial score (nSPS) is 15.3. The number of ether oxygens (including phenoxy) is 1. The van der Waals surface area contributed by atoms with E-state index in [1.165, 1.54) is 23.4 Å². The first-order chi connectivity index (χ1) is 12.9. The molecule has 0 unspecified atom stereocenters. The van der Waals surface area contributed by atoms with Gasteiger partial charge in [0.25, 0.3) is 5.91 Å². The molecule has 142 valence electrons. The minimum atomic E-state index is -3.76. The number of carbonyl (C=O) groups excluding carboxylic acids is 2. The number of sulfonamides is 1. The van der Waals surface area contributed by atoms with Crippen LogP contribution in [0.5, 0.6) is 0 Å². The molecule has 27 heavy (non-hydrogen) atoms. The van der Waals surface area contributed by atoms with Gasteiger partial charge in [-0.2, -0.15) is 4.31 Å². The first-order valence-corrected chi connectivity index (χ1v) is 9.93. The van der Waals surface area contributed by atoms with E-state index < -0.39 is 15.9 Å². The molecule has 3 rings (SSSR count). The van der Waals surface area contributed by atoms with Crippen LogP contribution < -0.4 is 5.32 Å². The van der Waals surface area contributed by atoms with Crippen molar-refractivity contribution in [1.29, 1.82) is 0 Å². The van der Waals surface area contributed by atoms with Gasteiger partial charge in [-0.25, -0.2) is 8.42 Å². The van der Waals surface area contributed by atoms with Crippen LogP contribution in [0.1, 0.15) is 27.6 Å². The van der Waals surface area contributed by atoms with E-state index in [9.17, 15) is 18.0 Å². The Morgan fingerprint density at radius 1 is 1.00 bits per heavy atom. The standard InChI is InChI=1S/C19H20N2O5S/c1-14(22)15-5-4-6-16(13-15)19(23)20-17-7-2-3-8-18(17)27(24,25)21-9-11-26-12-10-21/h2-8,13H,9-12H2,1H3,(H,20,23). The van der Waals surface area contributed by atoms with Crippen LogP contribution in [0.15, 0.2) is 53.4 Å². The van der Waals surface area contributed by atoms with Gasteiger partial charge in [-0.05, 0) is 31.2 Å². The maximum Gasteiger partial charge on any atom is 0.255 e. The van der Waals surface area contributed by atoms with Crippen molar-refractivity contribution < 1.29 is 22.7 Å². The molecule has 0 spiro atoms. The summed E-state index contributed by atoms with van der Waals surface area (Å²) in [6.45, 7) is 2.63. The van der Waals surface area contributed by atoms with Gasteiger partial charge in [-0.3, -0.25) is 9.59 Å². The van der Waals surface area contributed by atoms with E-state index in [0.29, 0.717) is 18.8 Å². The summed E-state index contributed by atoms with van der Waals surface area (Å²) in [7, 11) is -3.76. The average Bonchev–Trinajstić information content (AvgIpc) is 2.69. The Labute approximate surface area is 158 Å². The summed E-state index contributed by atoms with van der Waals surface area (Å²) in [5.74, 6) is -0.636. The Morgan fingerprint density at radius 3 is 2.37 bits per heavy atom. The molecule has 1 aliphatic rings. The maximum absolute atomic E-state index is 12.9. The van der Waals surface area contributed by atoms with Crippen molar-refractivity contribution in [2.24, 2.45) is 0 Å². The Bertz CT molecular complexity index is 966. The fourth-order valence-corrected chi connectivity index (χ4v) is 4.35. The predicted octanol–water partition coefficient (Wildman–Crippen LogP) is 2.16. The van der Waals surface area contributed by atoms with Gasteiger partial charge in [0.1, 0.15) is 4.90 Å². The summed E-state index contributed by atoms with van der Waals surface area (Å²) < 4.78 is 32.4. The third-order valence-corrected chi connectivity index (χ3v) is 6.21. The quantitative estimate of drug-likeness (QED) is 0.793. The minimum absolute atomic E-state index is 0.0305. The van der Waals surface area contributed by atoms with Crippen molar-refractivity contribution in [3.63, 3.8) is 0 Å². The second-order valence-electron chi connectivity index (χ2n) is 6.10. The summed E-state index contributed by atoms with van der Waals surface area (Å²) in [5.41, 5.74) is 0.889. The first kappa shape index (κ1) is 19.2. The van der Waals surface area contributed by atoms with Gasteiger partial charge in [-0.1, -0.05) is 24.3 Å². The molecule has 2 aromatic carbocycles. The molecule has 1 heterocycles. The van der Waals surface area contributed by atoms with E-state index in [1.807, 2.05) is 0 Å². The highest BCUT2D eigenvalue weighted by atomic mass is 32.2. The molecule has 0 radical (unpaired) electrons. The lowest BCUT2D eigenvalue weighted by Gasteiger charge is -2.27. The number of nitrogens with one attached hydrogen (secondary N) is 1. The van der Waals surface area contributed by atoms with E-state index in [0.717, 1.165) is 0 Å². The molecule has 1 amide bonds. The van der Waals surface area contributed by atoms with E-state index in [2.05, 4.69) is 5.32 Å². The number of hydrogen-bond donors (Lipinski definition) is 1. The third-order valence-electron chi connectivity index (χ3n) is 4.25. The van der Waals surface area contributed by atoms with Gasteiger partial charge in [0.2, 0.25) is 10.0 Å². The molecule has 1 N–H and O–H groups in total. The molecule has 2 aromatic rings. The number of nitrogens with zero attached hydrogens (tertiary/aromatic N) is 1. The predicted molar refractivity (Wildman–Crippen MR) is 100 cm³/mol. The van der Waals surface area contributed by atoms with Crippen LogP contribution in [0.2, 0.25) is 0 Å². The number of anilines is 1. The Kier molecular flexibility index (Phi) is 5.69. The lowest BCUT2D eigenvalue weighted by molar-refractivity contribution is 0.0730.